The Morgan fingerprint density at radius 1 is 0.853 bits per heavy atom. The molecule has 34 heavy (non-hydrogen) atoms. The smallest absolute Gasteiger partial charge is 0.253 e. The largest absolute Gasteiger partial charge is 0.467 e. The number of piperidine rings is 1. The number of carbonyl (C=O) groups excluding carboxylic acids is 3. The van der Waals surface area contributed by atoms with Gasteiger partial charge in [0.25, 0.3) is 11.8 Å². The highest BCUT2D eigenvalue weighted by atomic mass is 16.3. The highest BCUT2D eigenvalue weighted by molar-refractivity contribution is 5.97. The maximum Gasteiger partial charge on any atom is 0.253 e. The first-order chi connectivity index (χ1) is 16.6. The molecule has 0 aliphatic carbocycles. The third-order valence-corrected chi connectivity index (χ3v) is 5.64. The Labute approximate surface area is 198 Å². The summed E-state index contributed by atoms with van der Waals surface area (Å²) in [5.74, 6) is 0.238. The molecule has 0 radical (unpaired) electrons. The molecular formula is C26H28N4O4. The molecule has 8 nitrogen and oxygen atoms in total. The second kappa shape index (κ2) is 11.2. The molecule has 8 heteroatoms. The van der Waals surface area contributed by atoms with Gasteiger partial charge in [-0.2, -0.15) is 0 Å². The first-order valence-electron chi connectivity index (χ1n) is 11.4. The molecule has 0 spiro atoms. The molecule has 1 saturated heterocycles. The standard InChI is InChI=1S/C26H28N4O4/c31-24(29-21-11-9-19(10-12-21)26(33)30-13-2-1-3-14-30)18-27-22-7-4-6-20(16-22)25(32)28-17-23-8-5-15-34-23/h4-12,15-16,27H,1-3,13-14,17-18H2,(H,28,32)(H,29,31). The minimum absolute atomic E-state index is 0.0337. The summed E-state index contributed by atoms with van der Waals surface area (Å²) in [5, 5.41) is 8.64. The maximum absolute atomic E-state index is 12.6. The van der Waals surface area contributed by atoms with Gasteiger partial charge < -0.3 is 25.3 Å². The first-order valence-corrected chi connectivity index (χ1v) is 11.4. The van der Waals surface area contributed by atoms with Gasteiger partial charge in [-0.3, -0.25) is 14.4 Å². The van der Waals surface area contributed by atoms with E-state index < -0.39 is 0 Å². The van der Waals surface area contributed by atoms with Crippen molar-refractivity contribution < 1.29 is 18.8 Å². The molecule has 1 aliphatic heterocycles. The number of benzene rings is 2. The fraction of sp³-hybridized carbons (Fsp3) is 0.269. The number of anilines is 2. The third kappa shape index (κ3) is 6.25. The van der Waals surface area contributed by atoms with E-state index in [-0.39, 0.29) is 24.3 Å². The van der Waals surface area contributed by atoms with Gasteiger partial charge in [0, 0.05) is 35.6 Å². The number of hydrogen-bond donors (Lipinski definition) is 3. The summed E-state index contributed by atoms with van der Waals surface area (Å²) in [5.41, 5.74) is 2.38. The molecule has 0 bridgehead atoms. The normalized spacial score (nSPS) is 13.2. The molecule has 2 aromatic carbocycles. The number of furan rings is 1. The van der Waals surface area contributed by atoms with Gasteiger partial charge in [-0.15, -0.1) is 0 Å². The Bertz CT molecular complexity index is 1120. The van der Waals surface area contributed by atoms with Crippen molar-refractivity contribution in [2.75, 3.05) is 30.3 Å². The van der Waals surface area contributed by atoms with Crippen molar-refractivity contribution in [3.05, 3.63) is 83.8 Å². The minimum Gasteiger partial charge on any atom is -0.467 e. The molecule has 1 fully saturated rings. The van der Waals surface area contributed by atoms with E-state index in [4.69, 9.17) is 4.42 Å². The van der Waals surface area contributed by atoms with E-state index in [9.17, 15) is 14.4 Å². The van der Waals surface area contributed by atoms with E-state index in [1.54, 1.807) is 66.9 Å². The summed E-state index contributed by atoms with van der Waals surface area (Å²) in [7, 11) is 0. The fourth-order valence-electron chi connectivity index (χ4n) is 3.82. The minimum atomic E-state index is -0.234. The zero-order valence-corrected chi connectivity index (χ0v) is 18.9. The highest BCUT2D eigenvalue weighted by Crippen LogP contribution is 2.16. The van der Waals surface area contributed by atoms with Crippen LogP contribution in [0.2, 0.25) is 0 Å². The van der Waals surface area contributed by atoms with Gasteiger partial charge in [0.2, 0.25) is 5.91 Å². The van der Waals surface area contributed by atoms with Gasteiger partial charge in [-0.25, -0.2) is 0 Å². The Kier molecular flexibility index (Phi) is 7.60. The lowest BCUT2D eigenvalue weighted by atomic mass is 10.1. The van der Waals surface area contributed by atoms with Gasteiger partial charge in [0.1, 0.15) is 5.76 Å². The van der Waals surface area contributed by atoms with Crippen molar-refractivity contribution in [2.45, 2.75) is 25.8 Å². The number of rotatable bonds is 8. The molecule has 3 amide bonds. The topological polar surface area (TPSA) is 104 Å². The van der Waals surface area contributed by atoms with Crippen molar-refractivity contribution >= 4 is 29.1 Å². The van der Waals surface area contributed by atoms with Crippen LogP contribution in [0, 0.1) is 0 Å². The predicted octanol–water partition coefficient (Wildman–Crippen LogP) is 3.89. The molecule has 3 N–H and O–H groups in total. The summed E-state index contributed by atoms with van der Waals surface area (Å²) in [6.07, 6.45) is 4.82. The van der Waals surface area contributed by atoms with Gasteiger partial charge in [0.15, 0.2) is 0 Å². The Morgan fingerprint density at radius 3 is 2.38 bits per heavy atom. The van der Waals surface area contributed by atoms with Crippen molar-refractivity contribution in [1.29, 1.82) is 0 Å². The molecule has 1 aliphatic rings. The highest BCUT2D eigenvalue weighted by Gasteiger charge is 2.18. The quantitative estimate of drug-likeness (QED) is 0.473. The number of likely N-dealkylation sites (tertiary alicyclic amines) is 1. The van der Waals surface area contributed by atoms with Crippen LogP contribution in [0.25, 0.3) is 0 Å². The number of amides is 3. The van der Waals surface area contributed by atoms with Gasteiger partial charge in [-0.1, -0.05) is 6.07 Å². The van der Waals surface area contributed by atoms with E-state index >= 15 is 0 Å². The lowest BCUT2D eigenvalue weighted by molar-refractivity contribution is -0.114. The van der Waals surface area contributed by atoms with Crippen LogP contribution in [0.4, 0.5) is 11.4 Å². The van der Waals surface area contributed by atoms with Crippen LogP contribution in [0.3, 0.4) is 0 Å². The van der Waals surface area contributed by atoms with Crippen LogP contribution in [-0.4, -0.2) is 42.3 Å². The molecular weight excluding hydrogens is 432 g/mol. The van der Waals surface area contributed by atoms with Crippen LogP contribution < -0.4 is 16.0 Å². The second-order valence-corrected chi connectivity index (χ2v) is 8.17. The molecule has 2 heterocycles. The van der Waals surface area contributed by atoms with Crippen molar-refractivity contribution in [3.63, 3.8) is 0 Å². The molecule has 4 rings (SSSR count). The number of nitrogens with one attached hydrogen (secondary N) is 3. The van der Waals surface area contributed by atoms with E-state index in [0.717, 1.165) is 25.9 Å². The summed E-state index contributed by atoms with van der Waals surface area (Å²) < 4.78 is 5.21. The van der Waals surface area contributed by atoms with Gasteiger partial charge in [0.05, 0.1) is 19.4 Å². The molecule has 0 unspecified atom stereocenters. The van der Waals surface area contributed by atoms with E-state index in [2.05, 4.69) is 16.0 Å². The van der Waals surface area contributed by atoms with Crippen LogP contribution in [-0.2, 0) is 11.3 Å². The van der Waals surface area contributed by atoms with E-state index in [1.807, 2.05) is 4.90 Å². The molecule has 3 aromatic rings. The molecule has 0 atom stereocenters. The van der Waals surface area contributed by atoms with Crippen molar-refractivity contribution in [1.82, 2.24) is 10.2 Å². The number of hydrogen-bond acceptors (Lipinski definition) is 5. The Morgan fingerprint density at radius 2 is 1.65 bits per heavy atom. The van der Waals surface area contributed by atoms with Crippen LogP contribution in [0.5, 0.6) is 0 Å². The van der Waals surface area contributed by atoms with Crippen LogP contribution in [0.1, 0.15) is 45.7 Å². The van der Waals surface area contributed by atoms with Crippen LogP contribution in [0.15, 0.2) is 71.3 Å². The average Bonchev–Trinajstić information content (AvgIpc) is 3.41. The predicted molar refractivity (Wildman–Crippen MR) is 130 cm³/mol. The fourth-order valence-corrected chi connectivity index (χ4v) is 3.82. The zero-order valence-electron chi connectivity index (χ0n) is 18.9. The Hall–Kier alpha value is -4.07. The van der Waals surface area contributed by atoms with E-state index in [0.29, 0.717) is 34.8 Å². The molecule has 176 valence electrons. The number of nitrogens with zero attached hydrogens (tertiary/aromatic N) is 1. The maximum atomic E-state index is 12.6. The summed E-state index contributed by atoms with van der Waals surface area (Å²) in [4.78, 5) is 39.2. The van der Waals surface area contributed by atoms with Crippen LogP contribution >= 0.6 is 0 Å². The lowest BCUT2D eigenvalue weighted by Crippen LogP contribution is -2.35. The van der Waals surface area contributed by atoms with Gasteiger partial charge >= 0.3 is 0 Å². The second-order valence-electron chi connectivity index (χ2n) is 8.17. The molecule has 0 saturated carbocycles. The van der Waals surface area contributed by atoms with Crippen molar-refractivity contribution in [2.24, 2.45) is 0 Å². The van der Waals surface area contributed by atoms with Gasteiger partial charge in [-0.05, 0) is 73.9 Å². The molecule has 1 aromatic heterocycles. The average molecular weight is 461 g/mol. The Balaban J connectivity index is 1.25. The summed E-state index contributed by atoms with van der Waals surface area (Å²) in [6, 6.07) is 17.4. The van der Waals surface area contributed by atoms with E-state index in [1.165, 1.54) is 6.42 Å². The first kappa shape index (κ1) is 23.1. The number of carbonyl (C=O) groups is 3. The monoisotopic (exact) mass is 460 g/mol. The zero-order chi connectivity index (χ0) is 23.8. The summed E-state index contributed by atoms with van der Waals surface area (Å²) in [6.45, 7) is 1.94. The summed E-state index contributed by atoms with van der Waals surface area (Å²) >= 11 is 0. The lowest BCUT2D eigenvalue weighted by Gasteiger charge is -2.26. The SMILES string of the molecule is O=C(CNc1cccc(C(=O)NCc2ccco2)c1)Nc1ccc(C(=O)N2CCCCC2)cc1. The third-order valence-electron chi connectivity index (χ3n) is 5.64. The van der Waals surface area contributed by atoms with Crippen molar-refractivity contribution in [3.8, 4) is 0 Å².